The molecular weight excluding hydrogens is 252 g/mol. The molecule has 4 nitrogen and oxygen atoms in total. The van der Waals surface area contributed by atoms with Crippen LogP contribution in [0.15, 0.2) is 76.3 Å². The molecule has 0 atom stereocenters. The molecular formula is C16H12N2O2. The first kappa shape index (κ1) is 12.2. The van der Waals surface area contributed by atoms with Gasteiger partial charge in [0.1, 0.15) is 0 Å². The Labute approximate surface area is 114 Å². The third kappa shape index (κ3) is 2.19. The fourth-order valence-corrected chi connectivity index (χ4v) is 2.03. The number of H-pyrrole nitrogens is 1. The Kier molecular flexibility index (Phi) is 3.05. The summed E-state index contributed by atoms with van der Waals surface area (Å²) in [5.41, 5.74) is 0.975. The van der Waals surface area contributed by atoms with Crippen LogP contribution in [0.25, 0.3) is 16.9 Å². The van der Waals surface area contributed by atoms with Crippen LogP contribution in [0.5, 0.6) is 0 Å². The average molecular weight is 264 g/mol. The van der Waals surface area contributed by atoms with Gasteiger partial charge in [0.05, 0.1) is 11.4 Å². The summed E-state index contributed by atoms with van der Waals surface area (Å²) in [6.07, 6.45) is 0. The topological polar surface area (TPSA) is 54.9 Å². The van der Waals surface area contributed by atoms with E-state index >= 15 is 0 Å². The number of aromatic nitrogens is 2. The molecule has 1 N–H and O–H groups in total. The van der Waals surface area contributed by atoms with Gasteiger partial charge in [0, 0.05) is 6.07 Å². The lowest BCUT2D eigenvalue weighted by Crippen LogP contribution is -2.34. The summed E-state index contributed by atoms with van der Waals surface area (Å²) in [4.78, 5) is 23.8. The van der Waals surface area contributed by atoms with Gasteiger partial charge in [0.25, 0.3) is 0 Å². The first-order valence-electron chi connectivity index (χ1n) is 6.23. The van der Waals surface area contributed by atoms with Crippen molar-refractivity contribution < 1.29 is 0 Å². The Morgan fingerprint density at radius 3 is 2.05 bits per heavy atom. The number of para-hydroxylation sites is 1. The summed E-state index contributed by atoms with van der Waals surface area (Å²) < 4.78 is 1.27. The van der Waals surface area contributed by atoms with Crippen molar-refractivity contribution in [1.82, 2.24) is 9.78 Å². The largest absolute Gasteiger partial charge is 0.317 e. The smallest absolute Gasteiger partial charge is 0.290 e. The van der Waals surface area contributed by atoms with Gasteiger partial charge in [-0.2, -0.15) is 0 Å². The van der Waals surface area contributed by atoms with Crippen LogP contribution < -0.4 is 11.0 Å². The fourth-order valence-electron chi connectivity index (χ4n) is 2.03. The minimum absolute atomic E-state index is 0.536. The quantitative estimate of drug-likeness (QED) is 0.721. The Morgan fingerprint density at radius 1 is 0.800 bits per heavy atom. The van der Waals surface area contributed by atoms with E-state index in [9.17, 15) is 9.59 Å². The van der Waals surface area contributed by atoms with Crippen molar-refractivity contribution in [2.45, 2.75) is 0 Å². The van der Waals surface area contributed by atoms with Gasteiger partial charge in [0.15, 0.2) is 0 Å². The van der Waals surface area contributed by atoms with Crippen LogP contribution >= 0.6 is 0 Å². The number of nitrogens with one attached hydrogen (secondary N) is 1. The fraction of sp³-hybridized carbons (Fsp3) is 0. The van der Waals surface area contributed by atoms with Gasteiger partial charge in [-0.15, -0.1) is 0 Å². The van der Waals surface area contributed by atoms with E-state index in [4.69, 9.17) is 0 Å². The zero-order chi connectivity index (χ0) is 13.9. The SMILES string of the molecule is O=c1cc(-c2ccccc2)[nH]n(-c2ccccc2)c1=O. The minimum atomic E-state index is -0.587. The minimum Gasteiger partial charge on any atom is -0.290 e. The van der Waals surface area contributed by atoms with Crippen LogP contribution in [0.4, 0.5) is 0 Å². The van der Waals surface area contributed by atoms with Crippen LogP contribution in [0, 0.1) is 0 Å². The van der Waals surface area contributed by atoms with E-state index in [-0.39, 0.29) is 0 Å². The predicted molar refractivity (Wildman–Crippen MR) is 78.1 cm³/mol. The molecule has 4 heteroatoms. The summed E-state index contributed by atoms with van der Waals surface area (Å²) in [5.74, 6) is 0. The number of aromatic amines is 1. The predicted octanol–water partition coefficient (Wildman–Crippen LogP) is 2.19. The Hall–Kier alpha value is -2.88. The molecule has 0 spiro atoms. The summed E-state index contributed by atoms with van der Waals surface area (Å²) in [7, 11) is 0. The maximum atomic E-state index is 12.0. The number of benzene rings is 2. The zero-order valence-corrected chi connectivity index (χ0v) is 10.6. The Bertz CT molecular complexity index is 834. The van der Waals surface area contributed by atoms with Gasteiger partial charge in [-0.05, 0) is 17.7 Å². The van der Waals surface area contributed by atoms with Crippen molar-refractivity contribution in [3.63, 3.8) is 0 Å². The molecule has 0 radical (unpaired) electrons. The van der Waals surface area contributed by atoms with Crippen LogP contribution in [0.1, 0.15) is 0 Å². The van der Waals surface area contributed by atoms with Crippen LogP contribution in [-0.2, 0) is 0 Å². The normalized spacial score (nSPS) is 10.4. The lowest BCUT2D eigenvalue weighted by molar-refractivity contribution is 0.803. The van der Waals surface area contributed by atoms with Crippen molar-refractivity contribution in [2.24, 2.45) is 0 Å². The molecule has 0 amide bonds. The summed E-state index contributed by atoms with van der Waals surface area (Å²) >= 11 is 0. The molecule has 2 aromatic carbocycles. The molecule has 0 aliphatic heterocycles. The number of rotatable bonds is 2. The molecule has 0 saturated heterocycles. The molecule has 0 saturated carbocycles. The third-order valence-corrected chi connectivity index (χ3v) is 3.02. The van der Waals surface area contributed by atoms with E-state index in [2.05, 4.69) is 5.10 Å². The van der Waals surface area contributed by atoms with Gasteiger partial charge < -0.3 is 0 Å². The highest BCUT2D eigenvalue weighted by Crippen LogP contribution is 2.14. The molecule has 0 bridgehead atoms. The van der Waals surface area contributed by atoms with E-state index in [0.717, 1.165) is 5.56 Å². The van der Waals surface area contributed by atoms with Gasteiger partial charge in [0.2, 0.25) is 5.43 Å². The summed E-state index contributed by atoms with van der Waals surface area (Å²) in [6.45, 7) is 0. The van der Waals surface area contributed by atoms with Crippen molar-refractivity contribution in [3.8, 4) is 16.9 Å². The second-order valence-electron chi connectivity index (χ2n) is 4.38. The van der Waals surface area contributed by atoms with Crippen LogP contribution in [0.3, 0.4) is 0 Å². The van der Waals surface area contributed by atoms with E-state index in [1.54, 1.807) is 12.1 Å². The molecule has 3 aromatic rings. The van der Waals surface area contributed by atoms with Crippen molar-refractivity contribution in [2.75, 3.05) is 0 Å². The van der Waals surface area contributed by atoms with E-state index in [1.165, 1.54) is 10.7 Å². The molecule has 3 rings (SSSR count). The Morgan fingerprint density at radius 2 is 1.40 bits per heavy atom. The molecule has 0 aliphatic carbocycles. The third-order valence-electron chi connectivity index (χ3n) is 3.02. The van der Waals surface area contributed by atoms with Crippen molar-refractivity contribution in [1.29, 1.82) is 0 Å². The molecule has 98 valence electrons. The highest BCUT2D eigenvalue weighted by Gasteiger charge is 2.07. The van der Waals surface area contributed by atoms with Gasteiger partial charge in [-0.25, -0.2) is 4.68 Å². The second-order valence-corrected chi connectivity index (χ2v) is 4.38. The molecule has 0 aliphatic rings. The molecule has 0 unspecified atom stereocenters. The van der Waals surface area contributed by atoms with Gasteiger partial charge in [-0.3, -0.25) is 14.7 Å². The lowest BCUT2D eigenvalue weighted by Gasteiger charge is -2.08. The number of nitrogens with zero attached hydrogens (tertiary/aromatic N) is 1. The molecule has 1 aromatic heterocycles. The van der Waals surface area contributed by atoms with Gasteiger partial charge in [-0.1, -0.05) is 48.5 Å². The van der Waals surface area contributed by atoms with Crippen molar-refractivity contribution >= 4 is 0 Å². The van der Waals surface area contributed by atoms with Crippen LogP contribution in [0.2, 0.25) is 0 Å². The zero-order valence-electron chi connectivity index (χ0n) is 10.6. The highest BCUT2D eigenvalue weighted by atomic mass is 16.2. The first-order chi connectivity index (χ1) is 9.75. The van der Waals surface area contributed by atoms with Gasteiger partial charge >= 0.3 is 5.56 Å². The highest BCUT2D eigenvalue weighted by molar-refractivity contribution is 5.58. The maximum Gasteiger partial charge on any atom is 0.317 e. The summed E-state index contributed by atoms with van der Waals surface area (Å²) in [6, 6.07) is 19.8. The monoisotopic (exact) mass is 264 g/mol. The second kappa shape index (κ2) is 5.01. The Balaban J connectivity index is 2.24. The first-order valence-corrected chi connectivity index (χ1v) is 6.23. The number of hydrogen-bond acceptors (Lipinski definition) is 2. The molecule has 0 fully saturated rings. The van der Waals surface area contributed by atoms with E-state index in [0.29, 0.717) is 11.4 Å². The van der Waals surface area contributed by atoms with Crippen molar-refractivity contribution in [3.05, 3.63) is 87.3 Å². The molecule has 20 heavy (non-hydrogen) atoms. The van der Waals surface area contributed by atoms with E-state index < -0.39 is 11.0 Å². The maximum absolute atomic E-state index is 12.0. The van der Waals surface area contributed by atoms with E-state index in [1.807, 2.05) is 48.5 Å². The average Bonchev–Trinajstić information content (AvgIpc) is 2.51. The summed E-state index contributed by atoms with van der Waals surface area (Å²) in [5, 5.41) is 2.99. The standard InChI is InChI=1S/C16H12N2O2/c19-15-11-14(12-7-3-1-4-8-12)17-18(16(15)20)13-9-5-2-6-10-13/h1-11,17H. The number of hydrogen-bond donors (Lipinski definition) is 1. The lowest BCUT2D eigenvalue weighted by atomic mass is 10.1. The molecule has 1 heterocycles. The van der Waals surface area contributed by atoms with Crippen LogP contribution in [-0.4, -0.2) is 9.78 Å².